The maximum atomic E-state index is 12.2. The Morgan fingerprint density at radius 2 is 1.91 bits per heavy atom. The van der Waals surface area contributed by atoms with E-state index in [4.69, 9.17) is 25.9 Å². The molecule has 1 aliphatic rings. The summed E-state index contributed by atoms with van der Waals surface area (Å²) in [5.41, 5.74) is 3.75. The van der Waals surface area contributed by atoms with Crippen molar-refractivity contribution in [3.8, 4) is 11.5 Å². The summed E-state index contributed by atoms with van der Waals surface area (Å²) in [6, 6.07) is 10.5. The zero-order valence-electron chi connectivity index (χ0n) is 18.7. The molecule has 10 heteroatoms. The third-order valence-corrected chi connectivity index (χ3v) is 4.94. The highest BCUT2D eigenvalue weighted by atomic mass is 16.7. The first-order valence-electron chi connectivity index (χ1n) is 10.1. The van der Waals surface area contributed by atoms with E-state index in [9.17, 15) is 4.79 Å². The molecule has 4 N–H and O–H groups in total. The Morgan fingerprint density at radius 1 is 1.16 bits per heavy atom. The number of hydrogen-bond donors (Lipinski definition) is 2. The van der Waals surface area contributed by atoms with Crippen LogP contribution >= 0.6 is 0 Å². The topological polar surface area (TPSA) is 128 Å². The van der Waals surface area contributed by atoms with Gasteiger partial charge in [-0.15, -0.1) is 5.10 Å². The van der Waals surface area contributed by atoms with Gasteiger partial charge in [-0.3, -0.25) is 5.01 Å². The molecule has 1 heterocycles. The number of carbonyl (C=O) groups is 1. The number of urea groups is 1. The van der Waals surface area contributed by atoms with E-state index in [2.05, 4.69) is 10.2 Å². The summed E-state index contributed by atoms with van der Waals surface area (Å²) < 4.78 is 16.7. The second-order valence-electron chi connectivity index (χ2n) is 7.23. The molecule has 0 aromatic heterocycles. The van der Waals surface area contributed by atoms with Gasteiger partial charge in [-0.25, -0.2) is 21.5 Å². The summed E-state index contributed by atoms with van der Waals surface area (Å²) in [6.07, 6.45) is 0.538. The van der Waals surface area contributed by atoms with E-state index in [0.29, 0.717) is 35.2 Å². The molecule has 0 atom stereocenters. The van der Waals surface area contributed by atoms with Crippen LogP contribution in [0.25, 0.3) is 0 Å². The van der Waals surface area contributed by atoms with Gasteiger partial charge in [-0.2, -0.15) is 5.10 Å². The molecule has 1 aliphatic heterocycles. The summed E-state index contributed by atoms with van der Waals surface area (Å²) >= 11 is 0. The number of anilines is 1. The highest BCUT2D eigenvalue weighted by Gasteiger charge is 2.19. The van der Waals surface area contributed by atoms with Gasteiger partial charge >= 0.3 is 6.03 Å². The first kappa shape index (κ1) is 23.0. The van der Waals surface area contributed by atoms with Crippen molar-refractivity contribution in [1.82, 2.24) is 5.01 Å². The number of ether oxygens (including phenoxy) is 3. The Hall–Kier alpha value is -3.63. The van der Waals surface area contributed by atoms with Gasteiger partial charge in [0.05, 0.1) is 11.4 Å². The fourth-order valence-corrected chi connectivity index (χ4v) is 3.04. The number of amides is 2. The van der Waals surface area contributed by atoms with Gasteiger partial charge in [0.1, 0.15) is 6.61 Å². The fourth-order valence-electron chi connectivity index (χ4n) is 3.04. The average Bonchev–Trinajstić information content (AvgIpc) is 3.26. The molecule has 0 fully saturated rings. The largest absolute Gasteiger partial charge is 0.475 e. The molecule has 3 rings (SSSR count). The summed E-state index contributed by atoms with van der Waals surface area (Å²) in [4.78, 5) is 12.2. The van der Waals surface area contributed by atoms with Crippen LogP contribution in [0.3, 0.4) is 0 Å². The van der Waals surface area contributed by atoms with Gasteiger partial charge in [0.2, 0.25) is 12.7 Å². The van der Waals surface area contributed by atoms with Crippen LogP contribution in [0.2, 0.25) is 0 Å². The Labute approximate surface area is 187 Å². The van der Waals surface area contributed by atoms with Gasteiger partial charge < -0.3 is 14.2 Å². The van der Waals surface area contributed by atoms with Crippen LogP contribution in [0.15, 0.2) is 46.6 Å². The number of benzene rings is 2. The summed E-state index contributed by atoms with van der Waals surface area (Å²) in [6.45, 7) is 6.08. The van der Waals surface area contributed by atoms with Crippen molar-refractivity contribution in [3.05, 3.63) is 53.1 Å². The lowest BCUT2D eigenvalue weighted by atomic mass is 10.1. The van der Waals surface area contributed by atoms with Crippen LogP contribution in [0.4, 0.5) is 10.5 Å². The number of carbonyl (C=O) groups excluding carboxylic acids is 1. The van der Waals surface area contributed by atoms with Crippen molar-refractivity contribution < 1.29 is 19.0 Å². The van der Waals surface area contributed by atoms with Crippen LogP contribution in [0, 0.1) is 6.92 Å². The molecule has 0 saturated heterocycles. The number of nitrogens with two attached hydrogens (primary N) is 2. The molecule has 0 saturated carbocycles. The van der Waals surface area contributed by atoms with E-state index < -0.39 is 6.03 Å². The Morgan fingerprint density at radius 3 is 2.62 bits per heavy atom. The molecular weight excluding hydrogens is 412 g/mol. The molecule has 170 valence electrons. The Bertz CT molecular complexity index is 1050. The minimum absolute atomic E-state index is 0.169. The minimum atomic E-state index is -0.551. The van der Waals surface area contributed by atoms with Crippen LogP contribution < -0.4 is 26.2 Å². The maximum absolute atomic E-state index is 12.2. The average molecular weight is 441 g/mol. The van der Waals surface area contributed by atoms with Crippen molar-refractivity contribution in [2.45, 2.75) is 33.8 Å². The SMILES string of the molecule is CC/C(=N/N=C(C)c1ccc2c(c1)OCO2)OCc1c(C)cccc1N(N)C(=O)N(C)N. The van der Waals surface area contributed by atoms with E-state index in [1.54, 1.807) is 6.07 Å². The molecule has 0 radical (unpaired) electrons. The molecule has 0 bridgehead atoms. The lowest BCUT2D eigenvalue weighted by molar-refractivity contribution is 0.174. The minimum Gasteiger partial charge on any atom is -0.475 e. The third-order valence-electron chi connectivity index (χ3n) is 4.94. The molecule has 0 spiro atoms. The number of fused-ring (bicyclic) bond motifs is 1. The van der Waals surface area contributed by atoms with Gasteiger partial charge in [0, 0.05) is 24.6 Å². The summed E-state index contributed by atoms with van der Waals surface area (Å²) in [5.74, 6) is 13.4. The molecule has 2 amide bonds. The van der Waals surface area contributed by atoms with Crippen LogP contribution in [0.1, 0.15) is 37.0 Å². The molecule has 10 nitrogen and oxygen atoms in total. The highest BCUT2D eigenvalue weighted by molar-refractivity contribution is 5.99. The normalized spacial score (nSPS) is 13.2. The molecule has 0 unspecified atom stereocenters. The zero-order valence-corrected chi connectivity index (χ0v) is 18.7. The molecule has 2 aromatic carbocycles. The standard InChI is InChI=1S/C22H28N6O4/c1-5-21(26-25-15(3)16-9-10-19-20(11-16)32-13-31-19)30-12-17-14(2)7-6-8-18(17)28(24)22(29)27(4)23/h6-11H,5,12-13,23-24H2,1-4H3/b25-15?,26-21-. The first-order valence-corrected chi connectivity index (χ1v) is 10.1. The van der Waals surface area contributed by atoms with Gasteiger partial charge in [-0.1, -0.05) is 19.1 Å². The molecule has 0 aliphatic carbocycles. The zero-order chi connectivity index (χ0) is 23.3. The fraction of sp³-hybridized carbons (Fsp3) is 0.318. The second kappa shape index (κ2) is 10.1. The van der Waals surface area contributed by atoms with Crippen LogP contribution in [-0.4, -0.2) is 36.5 Å². The van der Waals surface area contributed by atoms with E-state index in [0.717, 1.165) is 26.7 Å². The monoisotopic (exact) mass is 440 g/mol. The van der Waals surface area contributed by atoms with Gasteiger partial charge in [0.25, 0.3) is 0 Å². The van der Waals surface area contributed by atoms with Gasteiger partial charge in [0.15, 0.2) is 11.5 Å². The first-order chi connectivity index (χ1) is 15.3. The third kappa shape index (κ3) is 5.16. The Balaban J connectivity index is 1.76. The van der Waals surface area contributed by atoms with Crippen LogP contribution in [0.5, 0.6) is 11.5 Å². The predicted molar refractivity (Wildman–Crippen MR) is 122 cm³/mol. The second-order valence-corrected chi connectivity index (χ2v) is 7.23. The lowest BCUT2D eigenvalue weighted by Crippen LogP contribution is -2.49. The molecule has 2 aromatic rings. The smallest absolute Gasteiger partial charge is 0.352 e. The lowest BCUT2D eigenvalue weighted by Gasteiger charge is -2.24. The maximum Gasteiger partial charge on any atom is 0.352 e. The molecule has 32 heavy (non-hydrogen) atoms. The van der Waals surface area contributed by atoms with E-state index in [1.807, 2.05) is 51.1 Å². The number of nitrogens with zero attached hydrogens (tertiary/aromatic N) is 4. The van der Waals surface area contributed by atoms with Crippen molar-refractivity contribution in [3.63, 3.8) is 0 Å². The van der Waals surface area contributed by atoms with Crippen LogP contribution in [-0.2, 0) is 11.3 Å². The molecular formula is C22H28N6O4. The number of aryl methyl sites for hydroxylation is 1. The number of hydrogen-bond acceptors (Lipinski definition) is 8. The number of rotatable bonds is 6. The highest BCUT2D eigenvalue weighted by Crippen LogP contribution is 2.32. The van der Waals surface area contributed by atoms with E-state index >= 15 is 0 Å². The van der Waals surface area contributed by atoms with Gasteiger partial charge in [-0.05, 0) is 43.7 Å². The summed E-state index contributed by atoms with van der Waals surface area (Å²) in [7, 11) is 1.43. The summed E-state index contributed by atoms with van der Waals surface area (Å²) in [5, 5.41) is 10.5. The van der Waals surface area contributed by atoms with Crippen molar-refractivity contribution in [1.29, 1.82) is 0 Å². The Kier molecular flexibility index (Phi) is 7.29. The number of hydrazine groups is 2. The van der Waals surface area contributed by atoms with Crippen molar-refractivity contribution >= 4 is 23.3 Å². The van der Waals surface area contributed by atoms with Crippen molar-refractivity contribution in [2.24, 2.45) is 21.9 Å². The van der Waals surface area contributed by atoms with E-state index in [1.165, 1.54) is 7.05 Å². The quantitative estimate of drug-likeness (QED) is 0.234. The van der Waals surface area contributed by atoms with E-state index in [-0.39, 0.29) is 13.4 Å². The van der Waals surface area contributed by atoms with Crippen molar-refractivity contribution in [2.75, 3.05) is 18.8 Å². The predicted octanol–water partition coefficient (Wildman–Crippen LogP) is 3.08.